The minimum Gasteiger partial charge on any atom is -0.494 e. The van der Waals surface area contributed by atoms with Crippen LogP contribution in [0.2, 0.25) is 5.02 Å². The SMILES string of the molecule is O=C(O)Cc1ccc(-n2c(O)c3c(OC(F)F)c4ccccc4c(OC(F)F)c3c2O)c(Cl)c1. The number of carboxylic acids is 1. The number of hydrogen-bond acceptors (Lipinski definition) is 5. The Hall–Kier alpha value is -3.86. The van der Waals surface area contributed by atoms with Crippen LogP contribution in [0.3, 0.4) is 0 Å². The zero-order chi connectivity index (χ0) is 24.7. The molecule has 3 aromatic carbocycles. The molecule has 0 saturated carbocycles. The first-order valence-electron chi connectivity index (χ1n) is 9.51. The Morgan fingerprint density at radius 2 is 1.41 bits per heavy atom. The Balaban J connectivity index is 2.11. The first kappa shape index (κ1) is 23.3. The van der Waals surface area contributed by atoms with Gasteiger partial charge >= 0.3 is 19.2 Å². The van der Waals surface area contributed by atoms with E-state index in [4.69, 9.17) is 16.7 Å². The summed E-state index contributed by atoms with van der Waals surface area (Å²) in [5, 5.41) is 29.5. The third kappa shape index (κ3) is 3.98. The van der Waals surface area contributed by atoms with E-state index in [1.807, 2.05) is 0 Å². The highest BCUT2D eigenvalue weighted by Crippen LogP contribution is 2.53. The molecule has 178 valence electrons. The third-order valence-corrected chi connectivity index (χ3v) is 5.32. The lowest BCUT2D eigenvalue weighted by atomic mass is 10.0. The number of aliphatic carboxylic acids is 1. The summed E-state index contributed by atoms with van der Waals surface area (Å²) in [6.45, 7) is -6.70. The number of aromatic nitrogens is 1. The van der Waals surface area contributed by atoms with E-state index < -0.39 is 53.2 Å². The number of nitrogens with zero attached hydrogens (tertiary/aromatic N) is 1. The molecule has 34 heavy (non-hydrogen) atoms. The van der Waals surface area contributed by atoms with Crippen molar-refractivity contribution < 1.29 is 47.1 Å². The molecular weight excluding hydrogens is 486 g/mol. The highest BCUT2D eigenvalue weighted by atomic mass is 35.5. The van der Waals surface area contributed by atoms with Gasteiger partial charge in [0, 0.05) is 10.8 Å². The lowest BCUT2D eigenvalue weighted by Crippen LogP contribution is -2.06. The van der Waals surface area contributed by atoms with Gasteiger partial charge in [-0.05, 0) is 17.7 Å². The zero-order valence-corrected chi connectivity index (χ0v) is 17.6. The molecule has 0 spiro atoms. The Morgan fingerprint density at radius 1 is 0.912 bits per heavy atom. The maximum atomic E-state index is 13.3. The van der Waals surface area contributed by atoms with Crippen LogP contribution in [0.4, 0.5) is 17.6 Å². The minimum atomic E-state index is -3.35. The van der Waals surface area contributed by atoms with E-state index in [2.05, 4.69) is 9.47 Å². The van der Waals surface area contributed by atoms with Crippen molar-refractivity contribution in [2.24, 2.45) is 0 Å². The van der Waals surface area contributed by atoms with Crippen molar-refractivity contribution in [3.05, 3.63) is 53.1 Å². The highest BCUT2D eigenvalue weighted by Gasteiger charge is 2.30. The van der Waals surface area contributed by atoms with Crippen LogP contribution >= 0.6 is 11.6 Å². The van der Waals surface area contributed by atoms with Crippen LogP contribution in [0, 0.1) is 0 Å². The monoisotopic (exact) mass is 499 g/mol. The molecule has 1 heterocycles. The average Bonchev–Trinajstić information content (AvgIpc) is 3.00. The molecular formula is C22H14ClF4NO6. The van der Waals surface area contributed by atoms with Gasteiger partial charge < -0.3 is 24.8 Å². The van der Waals surface area contributed by atoms with Crippen LogP contribution in [-0.4, -0.2) is 39.1 Å². The first-order valence-corrected chi connectivity index (χ1v) is 9.89. The molecule has 0 radical (unpaired) electrons. The van der Waals surface area contributed by atoms with Crippen LogP contribution in [-0.2, 0) is 11.2 Å². The lowest BCUT2D eigenvalue weighted by molar-refractivity contribution is -0.136. The minimum absolute atomic E-state index is 0.0821. The summed E-state index contributed by atoms with van der Waals surface area (Å²) in [5.74, 6) is -3.97. The number of hydrogen-bond donors (Lipinski definition) is 3. The van der Waals surface area contributed by atoms with E-state index >= 15 is 0 Å². The predicted octanol–water partition coefficient (Wildman–Crippen LogP) is 5.68. The number of carboxylic acid groups (broad SMARTS) is 1. The number of carbonyl (C=O) groups is 1. The van der Waals surface area contributed by atoms with Gasteiger partial charge in [0.15, 0.2) is 0 Å². The van der Waals surface area contributed by atoms with Gasteiger partial charge in [-0.25, -0.2) is 4.57 Å². The number of fused-ring (bicyclic) bond motifs is 2. The third-order valence-electron chi connectivity index (χ3n) is 5.01. The van der Waals surface area contributed by atoms with Gasteiger partial charge in [0.1, 0.15) is 11.5 Å². The first-order chi connectivity index (χ1) is 16.1. The van der Waals surface area contributed by atoms with Gasteiger partial charge in [-0.2, -0.15) is 17.6 Å². The number of alkyl halides is 4. The Labute approximate surface area is 192 Å². The molecule has 0 unspecified atom stereocenters. The van der Waals surface area contributed by atoms with Gasteiger partial charge in [-0.1, -0.05) is 41.9 Å². The number of rotatable bonds is 7. The van der Waals surface area contributed by atoms with Crippen molar-refractivity contribution >= 4 is 39.1 Å². The summed E-state index contributed by atoms with van der Waals surface area (Å²) in [6.07, 6.45) is -0.365. The Kier molecular flexibility index (Phi) is 6.05. The topological polar surface area (TPSA) is 101 Å². The Morgan fingerprint density at radius 3 is 1.82 bits per heavy atom. The van der Waals surface area contributed by atoms with E-state index in [9.17, 15) is 32.6 Å². The fourth-order valence-corrected chi connectivity index (χ4v) is 4.08. The van der Waals surface area contributed by atoms with Crippen molar-refractivity contribution in [1.29, 1.82) is 0 Å². The van der Waals surface area contributed by atoms with E-state index in [0.29, 0.717) is 5.56 Å². The molecule has 12 heteroatoms. The fraction of sp³-hybridized carbons (Fsp3) is 0.136. The summed E-state index contributed by atoms with van der Waals surface area (Å²) in [4.78, 5) is 10.9. The molecule has 1 aromatic heterocycles. The quantitative estimate of drug-likeness (QED) is 0.283. The zero-order valence-electron chi connectivity index (χ0n) is 16.8. The summed E-state index contributed by atoms with van der Waals surface area (Å²) in [5.41, 5.74) is 0.211. The Bertz CT molecular complexity index is 1350. The van der Waals surface area contributed by atoms with Gasteiger partial charge in [-0.3, -0.25) is 4.79 Å². The van der Waals surface area contributed by atoms with E-state index in [1.54, 1.807) is 0 Å². The van der Waals surface area contributed by atoms with Crippen molar-refractivity contribution in [2.45, 2.75) is 19.6 Å². The second-order valence-corrected chi connectivity index (χ2v) is 7.46. The van der Waals surface area contributed by atoms with Crippen LogP contribution in [0.1, 0.15) is 5.56 Å². The molecule has 0 fully saturated rings. The molecule has 3 N–H and O–H groups in total. The summed E-state index contributed by atoms with van der Waals surface area (Å²) in [6, 6.07) is 9.34. The lowest BCUT2D eigenvalue weighted by Gasteiger charge is -2.15. The molecule has 7 nitrogen and oxygen atoms in total. The summed E-state index contributed by atoms with van der Waals surface area (Å²) >= 11 is 6.23. The smallest absolute Gasteiger partial charge is 0.387 e. The molecule has 0 bridgehead atoms. The molecule has 0 aliphatic rings. The van der Waals surface area contributed by atoms with E-state index in [0.717, 1.165) is 4.57 Å². The van der Waals surface area contributed by atoms with E-state index in [1.165, 1.54) is 42.5 Å². The van der Waals surface area contributed by atoms with Crippen molar-refractivity contribution in [2.75, 3.05) is 0 Å². The van der Waals surface area contributed by atoms with Crippen LogP contribution < -0.4 is 9.47 Å². The molecule has 0 aliphatic carbocycles. The van der Waals surface area contributed by atoms with E-state index in [-0.39, 0.29) is 27.9 Å². The largest absolute Gasteiger partial charge is 0.494 e. The summed E-state index contributed by atoms with van der Waals surface area (Å²) < 4.78 is 63.0. The number of benzene rings is 3. The maximum absolute atomic E-state index is 13.3. The van der Waals surface area contributed by atoms with Gasteiger partial charge in [0.05, 0.1) is 27.9 Å². The highest BCUT2D eigenvalue weighted by molar-refractivity contribution is 6.32. The van der Waals surface area contributed by atoms with Crippen molar-refractivity contribution in [3.8, 4) is 28.9 Å². The number of aromatic hydroxyl groups is 2. The second-order valence-electron chi connectivity index (χ2n) is 7.05. The van der Waals surface area contributed by atoms with Gasteiger partial charge in [0.25, 0.3) is 0 Å². The van der Waals surface area contributed by atoms with Gasteiger partial charge in [0.2, 0.25) is 11.8 Å². The predicted molar refractivity (Wildman–Crippen MR) is 114 cm³/mol. The fourth-order valence-electron chi connectivity index (χ4n) is 3.79. The normalized spacial score (nSPS) is 11.6. The standard InChI is InChI=1S/C22H14ClF4NO6/c23-12-7-9(8-14(29)30)5-6-13(12)28-19(31)15-16(20(28)32)18(34-22(26)27)11-4-2-1-3-10(11)17(15)33-21(24)25/h1-7,21-22,31-32H,8H2,(H,29,30). The molecule has 0 aliphatic heterocycles. The van der Waals surface area contributed by atoms with Crippen LogP contribution in [0.15, 0.2) is 42.5 Å². The molecule has 0 atom stereocenters. The average molecular weight is 500 g/mol. The molecule has 0 saturated heterocycles. The molecule has 0 amide bonds. The summed E-state index contributed by atoms with van der Waals surface area (Å²) in [7, 11) is 0. The number of ether oxygens (including phenoxy) is 2. The second kappa shape index (κ2) is 8.82. The number of halogens is 5. The van der Waals surface area contributed by atoms with Crippen LogP contribution in [0.25, 0.3) is 27.2 Å². The van der Waals surface area contributed by atoms with Crippen molar-refractivity contribution in [3.63, 3.8) is 0 Å². The molecule has 4 rings (SSSR count). The van der Waals surface area contributed by atoms with Crippen LogP contribution in [0.5, 0.6) is 23.3 Å². The maximum Gasteiger partial charge on any atom is 0.387 e. The van der Waals surface area contributed by atoms with Gasteiger partial charge in [-0.15, -0.1) is 0 Å². The molecule has 4 aromatic rings. The van der Waals surface area contributed by atoms with Crippen molar-refractivity contribution in [1.82, 2.24) is 4.57 Å².